The van der Waals surface area contributed by atoms with Crippen LogP contribution in [0.2, 0.25) is 0 Å². The zero-order valence-corrected chi connectivity index (χ0v) is 15.5. The normalized spacial score (nSPS) is 17.4. The van der Waals surface area contributed by atoms with Crippen molar-refractivity contribution >= 4 is 17.5 Å². The molecule has 140 valence electrons. The van der Waals surface area contributed by atoms with Crippen molar-refractivity contribution in [3.05, 3.63) is 102 Å². The van der Waals surface area contributed by atoms with Crippen molar-refractivity contribution in [2.75, 3.05) is 11.4 Å². The van der Waals surface area contributed by atoms with Gasteiger partial charge in [-0.1, -0.05) is 66.7 Å². The van der Waals surface area contributed by atoms with Crippen LogP contribution in [0.3, 0.4) is 0 Å². The van der Waals surface area contributed by atoms with Crippen molar-refractivity contribution in [3.63, 3.8) is 0 Å². The molecule has 1 aliphatic heterocycles. The molecule has 4 heteroatoms. The van der Waals surface area contributed by atoms with Crippen molar-refractivity contribution in [2.24, 2.45) is 5.92 Å². The Balaban J connectivity index is 1.61. The Hall–Kier alpha value is -3.40. The largest absolute Gasteiger partial charge is 0.344 e. The number of hydrogen-bond acceptors (Lipinski definition) is 2. The summed E-state index contributed by atoms with van der Waals surface area (Å²) < 4.78 is 0. The van der Waals surface area contributed by atoms with Crippen LogP contribution < -0.4 is 10.2 Å². The SMILES string of the molecule is O=C(NC(c1ccccc1)C1CCN(c2ccccc2)C1=O)c1ccccc1. The van der Waals surface area contributed by atoms with E-state index >= 15 is 0 Å². The van der Waals surface area contributed by atoms with Crippen molar-refractivity contribution < 1.29 is 9.59 Å². The van der Waals surface area contributed by atoms with Crippen LogP contribution in [0.1, 0.15) is 28.4 Å². The Morgan fingerprint density at radius 1 is 0.857 bits per heavy atom. The summed E-state index contributed by atoms with van der Waals surface area (Å²) in [5, 5.41) is 3.11. The lowest BCUT2D eigenvalue weighted by molar-refractivity contribution is -0.121. The van der Waals surface area contributed by atoms with Crippen molar-refractivity contribution in [1.82, 2.24) is 5.32 Å². The van der Waals surface area contributed by atoms with Crippen molar-refractivity contribution in [3.8, 4) is 0 Å². The summed E-state index contributed by atoms with van der Waals surface area (Å²) in [6.45, 7) is 0.651. The highest BCUT2D eigenvalue weighted by Crippen LogP contribution is 2.34. The number of nitrogens with one attached hydrogen (secondary N) is 1. The fraction of sp³-hybridized carbons (Fsp3) is 0.167. The Kier molecular flexibility index (Phi) is 5.20. The summed E-state index contributed by atoms with van der Waals surface area (Å²) in [7, 11) is 0. The summed E-state index contributed by atoms with van der Waals surface area (Å²) in [6.07, 6.45) is 0.697. The van der Waals surface area contributed by atoms with Gasteiger partial charge in [-0.3, -0.25) is 9.59 Å². The lowest BCUT2D eigenvalue weighted by Gasteiger charge is -2.25. The zero-order valence-electron chi connectivity index (χ0n) is 15.5. The number of anilines is 1. The minimum Gasteiger partial charge on any atom is -0.344 e. The van der Waals surface area contributed by atoms with Gasteiger partial charge in [-0.25, -0.2) is 0 Å². The molecule has 1 saturated heterocycles. The number of para-hydroxylation sites is 1. The first-order valence-electron chi connectivity index (χ1n) is 9.51. The van der Waals surface area contributed by atoms with Crippen LogP contribution >= 0.6 is 0 Å². The maximum atomic E-state index is 13.2. The van der Waals surface area contributed by atoms with E-state index in [1.165, 1.54) is 0 Å². The van der Waals surface area contributed by atoms with Crippen LogP contribution in [0, 0.1) is 5.92 Å². The Labute approximate surface area is 164 Å². The second-order valence-electron chi connectivity index (χ2n) is 6.95. The quantitative estimate of drug-likeness (QED) is 0.731. The molecule has 0 aliphatic carbocycles. The molecule has 3 aromatic rings. The molecule has 4 nitrogen and oxygen atoms in total. The minimum absolute atomic E-state index is 0.0495. The van der Waals surface area contributed by atoms with Gasteiger partial charge in [0.1, 0.15) is 0 Å². The highest BCUT2D eigenvalue weighted by atomic mass is 16.2. The Morgan fingerprint density at radius 2 is 1.43 bits per heavy atom. The molecule has 28 heavy (non-hydrogen) atoms. The van der Waals surface area contributed by atoms with Crippen LogP contribution in [0.4, 0.5) is 5.69 Å². The van der Waals surface area contributed by atoms with E-state index in [4.69, 9.17) is 0 Å². The molecule has 2 amide bonds. The zero-order chi connectivity index (χ0) is 19.3. The van der Waals surface area contributed by atoms with Crippen molar-refractivity contribution in [1.29, 1.82) is 0 Å². The highest BCUT2D eigenvalue weighted by molar-refractivity contribution is 5.99. The molecule has 2 unspecified atom stereocenters. The second kappa shape index (κ2) is 8.09. The van der Waals surface area contributed by atoms with Crippen LogP contribution in [0.5, 0.6) is 0 Å². The van der Waals surface area contributed by atoms with Gasteiger partial charge in [0, 0.05) is 17.8 Å². The number of benzene rings is 3. The fourth-order valence-electron chi connectivity index (χ4n) is 3.77. The molecular formula is C24H22N2O2. The molecule has 0 spiro atoms. The Morgan fingerprint density at radius 3 is 2.07 bits per heavy atom. The summed E-state index contributed by atoms with van der Waals surface area (Å²) in [6, 6.07) is 28.2. The van der Waals surface area contributed by atoms with E-state index in [0.29, 0.717) is 18.5 Å². The third-order valence-corrected chi connectivity index (χ3v) is 5.20. The summed E-state index contributed by atoms with van der Waals surface area (Å²) in [4.78, 5) is 27.8. The lowest BCUT2D eigenvalue weighted by atomic mass is 9.91. The maximum absolute atomic E-state index is 13.2. The second-order valence-corrected chi connectivity index (χ2v) is 6.95. The molecule has 1 fully saturated rings. The third kappa shape index (κ3) is 3.67. The van der Waals surface area contributed by atoms with E-state index in [9.17, 15) is 9.59 Å². The van der Waals surface area contributed by atoms with E-state index < -0.39 is 0 Å². The third-order valence-electron chi connectivity index (χ3n) is 5.20. The standard InChI is InChI=1S/C24H22N2O2/c27-23(19-12-6-2-7-13-19)25-22(18-10-4-1-5-11-18)21-16-17-26(24(21)28)20-14-8-3-9-15-20/h1-15,21-22H,16-17H2,(H,25,27). The van der Waals surface area contributed by atoms with Gasteiger partial charge in [-0.05, 0) is 36.2 Å². The average Bonchev–Trinajstić information content (AvgIpc) is 3.15. The topological polar surface area (TPSA) is 49.4 Å². The molecule has 1 aliphatic rings. The van der Waals surface area contributed by atoms with E-state index in [-0.39, 0.29) is 23.8 Å². The van der Waals surface area contributed by atoms with E-state index in [0.717, 1.165) is 11.3 Å². The average molecular weight is 370 g/mol. The number of carbonyl (C=O) groups excluding carboxylic acids is 2. The maximum Gasteiger partial charge on any atom is 0.251 e. The molecule has 0 saturated carbocycles. The van der Waals surface area contributed by atoms with Gasteiger partial charge in [0.2, 0.25) is 5.91 Å². The molecule has 0 bridgehead atoms. The van der Waals surface area contributed by atoms with E-state index in [1.54, 1.807) is 12.1 Å². The van der Waals surface area contributed by atoms with Gasteiger partial charge in [-0.15, -0.1) is 0 Å². The monoisotopic (exact) mass is 370 g/mol. The van der Waals surface area contributed by atoms with Crippen LogP contribution in [-0.4, -0.2) is 18.4 Å². The first-order chi connectivity index (χ1) is 13.7. The minimum atomic E-state index is -0.366. The predicted octanol–water partition coefficient (Wildman–Crippen LogP) is 4.21. The van der Waals surface area contributed by atoms with E-state index in [1.807, 2.05) is 83.8 Å². The van der Waals surface area contributed by atoms with Crippen LogP contribution in [-0.2, 0) is 4.79 Å². The molecule has 0 aromatic heterocycles. The number of nitrogens with zero attached hydrogens (tertiary/aromatic N) is 1. The number of hydrogen-bond donors (Lipinski definition) is 1. The van der Waals surface area contributed by atoms with Gasteiger partial charge in [0.15, 0.2) is 0 Å². The van der Waals surface area contributed by atoms with Gasteiger partial charge in [-0.2, -0.15) is 0 Å². The van der Waals surface area contributed by atoms with Crippen molar-refractivity contribution in [2.45, 2.75) is 12.5 Å². The predicted molar refractivity (Wildman–Crippen MR) is 110 cm³/mol. The van der Waals surface area contributed by atoms with Gasteiger partial charge >= 0.3 is 0 Å². The van der Waals surface area contributed by atoms with Crippen LogP contribution in [0.25, 0.3) is 0 Å². The number of rotatable bonds is 5. The van der Waals surface area contributed by atoms with Gasteiger partial charge in [0.25, 0.3) is 5.91 Å². The molecular weight excluding hydrogens is 348 g/mol. The summed E-state index contributed by atoms with van der Waals surface area (Å²) >= 11 is 0. The molecule has 4 rings (SSSR count). The first-order valence-corrected chi connectivity index (χ1v) is 9.51. The Bertz CT molecular complexity index is 942. The molecule has 2 atom stereocenters. The smallest absolute Gasteiger partial charge is 0.251 e. The fourth-order valence-corrected chi connectivity index (χ4v) is 3.77. The van der Waals surface area contributed by atoms with Gasteiger partial charge < -0.3 is 10.2 Å². The van der Waals surface area contributed by atoms with E-state index in [2.05, 4.69) is 5.32 Å². The summed E-state index contributed by atoms with van der Waals surface area (Å²) in [5.74, 6) is -0.413. The highest BCUT2D eigenvalue weighted by Gasteiger charge is 2.39. The molecule has 1 N–H and O–H groups in total. The van der Waals surface area contributed by atoms with Crippen LogP contribution in [0.15, 0.2) is 91.0 Å². The molecule has 0 radical (unpaired) electrons. The van der Waals surface area contributed by atoms with Gasteiger partial charge in [0.05, 0.1) is 12.0 Å². The summed E-state index contributed by atoms with van der Waals surface area (Å²) in [5.41, 5.74) is 2.44. The molecule has 3 aromatic carbocycles. The number of carbonyl (C=O) groups is 2. The first kappa shape index (κ1) is 18.0. The number of amides is 2. The molecule has 1 heterocycles. The lowest BCUT2D eigenvalue weighted by Crippen LogP contribution is -2.37.